The van der Waals surface area contributed by atoms with Gasteiger partial charge in [-0.1, -0.05) is 25.2 Å². The Morgan fingerprint density at radius 3 is 2.07 bits per heavy atom. The number of fused-ring (bicyclic) bond motifs is 1. The van der Waals surface area contributed by atoms with Crippen LogP contribution < -0.4 is 5.73 Å². The number of halogens is 6. The minimum Gasteiger partial charge on any atom is -0.364 e. The van der Waals surface area contributed by atoms with Crippen molar-refractivity contribution in [3.05, 3.63) is 35.0 Å². The molecule has 1 aromatic carbocycles. The fourth-order valence-electron chi connectivity index (χ4n) is 3.95. The van der Waals surface area contributed by atoms with E-state index in [1.807, 2.05) is 0 Å². The van der Waals surface area contributed by atoms with Gasteiger partial charge in [-0.25, -0.2) is 0 Å². The lowest BCUT2D eigenvalue weighted by atomic mass is 10.0. The maximum absolute atomic E-state index is 13.5. The summed E-state index contributed by atoms with van der Waals surface area (Å²) in [5.41, 5.74) is 2.12. The molecule has 0 saturated carbocycles. The van der Waals surface area contributed by atoms with Crippen LogP contribution in [-0.4, -0.2) is 18.5 Å². The van der Waals surface area contributed by atoms with Crippen LogP contribution >= 0.6 is 0 Å². The van der Waals surface area contributed by atoms with Gasteiger partial charge in [0, 0.05) is 19.5 Å². The molecule has 1 aliphatic rings. The summed E-state index contributed by atoms with van der Waals surface area (Å²) in [4.78, 5) is 11.9. The summed E-state index contributed by atoms with van der Waals surface area (Å²) in [5, 5.41) is -0.434. The van der Waals surface area contributed by atoms with Crippen molar-refractivity contribution < 1.29 is 31.1 Å². The predicted octanol–water partition coefficient (Wildman–Crippen LogP) is 5.82. The molecule has 0 radical (unpaired) electrons. The van der Waals surface area contributed by atoms with Crippen LogP contribution in [0.2, 0.25) is 25.2 Å². The highest BCUT2D eigenvalue weighted by Crippen LogP contribution is 2.44. The fraction of sp³-hybridized carbons (Fsp3) is 0.500. The van der Waals surface area contributed by atoms with Gasteiger partial charge in [0.2, 0.25) is 0 Å². The number of nitrogens with zero attached hydrogens (tertiary/aromatic N) is 1. The average Bonchev–Trinajstić information content (AvgIpc) is 2.92. The van der Waals surface area contributed by atoms with Gasteiger partial charge in [-0.15, -0.1) is 0 Å². The van der Waals surface area contributed by atoms with Gasteiger partial charge < -0.3 is 10.3 Å². The summed E-state index contributed by atoms with van der Waals surface area (Å²) in [6.45, 7) is 4.38. The number of alkyl halides is 6. The summed E-state index contributed by atoms with van der Waals surface area (Å²) < 4.78 is 81.5. The fourth-order valence-corrected chi connectivity index (χ4v) is 6.43. The number of nitrogens with two attached hydrogens (primary N) is 1. The van der Waals surface area contributed by atoms with E-state index in [-0.39, 0.29) is 23.3 Å². The molecule has 2 heterocycles. The van der Waals surface area contributed by atoms with Crippen LogP contribution in [0.1, 0.15) is 40.5 Å². The number of hydrogen-bond donors (Lipinski definition) is 1. The molecule has 3 rings (SSSR count). The van der Waals surface area contributed by atoms with Gasteiger partial charge in [-0.2, -0.15) is 26.3 Å². The maximum Gasteiger partial charge on any atom is 0.417 e. The van der Waals surface area contributed by atoms with Crippen LogP contribution in [0.15, 0.2) is 18.2 Å². The molecule has 0 bridgehead atoms. The van der Waals surface area contributed by atoms with Crippen molar-refractivity contribution in [2.45, 2.75) is 56.4 Å². The van der Waals surface area contributed by atoms with Crippen molar-refractivity contribution in [2.24, 2.45) is 5.73 Å². The Bertz CT molecular complexity index is 919. The van der Waals surface area contributed by atoms with E-state index in [0.29, 0.717) is 18.9 Å². The van der Waals surface area contributed by atoms with E-state index in [4.69, 9.17) is 5.73 Å². The highest BCUT2D eigenvalue weighted by Gasteiger charge is 2.40. The first-order valence-electron chi connectivity index (χ1n) is 8.84. The van der Waals surface area contributed by atoms with Gasteiger partial charge >= 0.3 is 12.4 Å². The minimum absolute atomic E-state index is 0.0916. The monoisotopic (exact) mass is 422 g/mol. The second-order valence-corrected chi connectivity index (χ2v) is 13.4. The number of carbonyl (C=O) groups is 1. The summed E-state index contributed by atoms with van der Waals surface area (Å²) in [7, 11) is -1.43. The third-order valence-electron chi connectivity index (χ3n) is 5.52. The van der Waals surface area contributed by atoms with Crippen LogP contribution in [0.5, 0.6) is 0 Å². The maximum atomic E-state index is 13.5. The summed E-state index contributed by atoms with van der Waals surface area (Å²) in [6, 6.07) is 3.15. The molecule has 3 nitrogen and oxygen atoms in total. The molecule has 1 aliphatic heterocycles. The van der Waals surface area contributed by atoms with Crippen molar-refractivity contribution >= 4 is 24.9 Å². The molecule has 0 spiro atoms. The molecule has 2 aromatic rings. The Morgan fingerprint density at radius 1 is 1.04 bits per heavy atom. The van der Waals surface area contributed by atoms with Crippen molar-refractivity contribution in [2.75, 3.05) is 0 Å². The van der Waals surface area contributed by atoms with E-state index < -0.39 is 42.8 Å². The molecule has 0 atom stereocenters. The molecular formula is C18H20F6N2OSi. The number of aromatic nitrogens is 1. The van der Waals surface area contributed by atoms with Crippen molar-refractivity contribution in [1.29, 1.82) is 0 Å². The zero-order valence-corrected chi connectivity index (χ0v) is 16.3. The van der Waals surface area contributed by atoms with Crippen molar-refractivity contribution in [1.82, 2.24) is 4.57 Å². The summed E-state index contributed by atoms with van der Waals surface area (Å²) in [5.74, 6) is -0.958. The Morgan fingerprint density at radius 2 is 1.61 bits per heavy atom. The topological polar surface area (TPSA) is 48.0 Å². The SMILES string of the molecule is C[Si]1(C)CCC(n2c(C(N)=O)cc3c(C(F)(F)F)cc(C(F)(F)F)cc32)CC1. The molecule has 154 valence electrons. The van der Waals surface area contributed by atoms with Gasteiger partial charge in [0.25, 0.3) is 5.91 Å². The standard InChI is InChI=1S/C18H20F6N2OSi/c1-28(2)5-3-11(4-6-28)26-14-8-10(17(19,20)21)7-13(18(22,23)24)12(14)9-15(26)16(25)27/h7-9,11H,3-6H2,1-2H3,(H2,25,27). The molecule has 2 N–H and O–H groups in total. The third-order valence-corrected chi connectivity index (χ3v) is 8.80. The smallest absolute Gasteiger partial charge is 0.364 e. The van der Waals surface area contributed by atoms with E-state index in [2.05, 4.69) is 13.1 Å². The first kappa shape index (κ1) is 20.8. The lowest BCUT2D eigenvalue weighted by Crippen LogP contribution is -2.33. The Hall–Kier alpha value is -1.97. The van der Waals surface area contributed by atoms with E-state index in [9.17, 15) is 31.1 Å². The zero-order chi connectivity index (χ0) is 21.1. The van der Waals surface area contributed by atoms with E-state index >= 15 is 0 Å². The molecule has 0 aliphatic carbocycles. The van der Waals surface area contributed by atoms with E-state index in [1.54, 1.807) is 0 Å². The number of carbonyl (C=O) groups excluding carboxylic acids is 1. The number of hydrogen-bond acceptors (Lipinski definition) is 1. The second-order valence-electron chi connectivity index (χ2n) is 8.11. The average molecular weight is 422 g/mol. The van der Waals surface area contributed by atoms with Gasteiger partial charge in [-0.05, 0) is 31.0 Å². The molecule has 28 heavy (non-hydrogen) atoms. The molecule has 1 fully saturated rings. The quantitative estimate of drug-likeness (QED) is 0.481. The number of rotatable bonds is 2. The minimum atomic E-state index is -5.00. The number of primary amides is 1. The molecule has 1 amide bonds. The van der Waals surface area contributed by atoms with Crippen LogP contribution in [0.4, 0.5) is 26.3 Å². The Balaban J connectivity index is 2.30. The summed E-state index contributed by atoms with van der Waals surface area (Å²) in [6.07, 6.45) is -8.75. The highest BCUT2D eigenvalue weighted by atomic mass is 28.3. The Kier molecular flexibility index (Phi) is 4.84. The van der Waals surface area contributed by atoms with Gasteiger partial charge in [0.15, 0.2) is 0 Å². The first-order chi connectivity index (χ1) is 12.7. The van der Waals surface area contributed by atoms with Crippen molar-refractivity contribution in [3.8, 4) is 0 Å². The third kappa shape index (κ3) is 3.78. The highest BCUT2D eigenvalue weighted by molar-refractivity contribution is 6.77. The predicted molar refractivity (Wildman–Crippen MR) is 95.8 cm³/mol. The number of amides is 1. The van der Waals surface area contributed by atoms with Gasteiger partial charge in [0.1, 0.15) is 5.69 Å². The molecule has 1 aromatic heterocycles. The van der Waals surface area contributed by atoms with Gasteiger partial charge in [-0.3, -0.25) is 4.79 Å². The zero-order valence-electron chi connectivity index (χ0n) is 15.3. The van der Waals surface area contributed by atoms with Crippen LogP contribution in [0, 0.1) is 0 Å². The van der Waals surface area contributed by atoms with E-state index in [1.165, 1.54) is 4.57 Å². The first-order valence-corrected chi connectivity index (χ1v) is 12.3. The molecule has 10 heteroatoms. The molecular weight excluding hydrogens is 402 g/mol. The normalized spacial score (nSPS) is 18.6. The van der Waals surface area contributed by atoms with Crippen LogP contribution in [-0.2, 0) is 12.4 Å². The molecule has 1 saturated heterocycles. The van der Waals surface area contributed by atoms with E-state index in [0.717, 1.165) is 18.2 Å². The van der Waals surface area contributed by atoms with Crippen molar-refractivity contribution in [3.63, 3.8) is 0 Å². The second kappa shape index (κ2) is 6.53. The number of benzene rings is 1. The van der Waals surface area contributed by atoms with Gasteiger partial charge in [0.05, 0.1) is 16.6 Å². The van der Waals surface area contributed by atoms with Crippen LogP contribution in [0.3, 0.4) is 0 Å². The Labute approximate surface area is 158 Å². The van der Waals surface area contributed by atoms with Crippen LogP contribution in [0.25, 0.3) is 10.9 Å². The lowest BCUT2D eigenvalue weighted by molar-refractivity contribution is -0.142. The largest absolute Gasteiger partial charge is 0.417 e. The summed E-state index contributed by atoms with van der Waals surface area (Å²) >= 11 is 0. The lowest BCUT2D eigenvalue weighted by Gasteiger charge is -2.34. The molecule has 0 unspecified atom stereocenters.